The number of nitrogens with two attached hydrogens (primary N) is 1. The molecular formula is C18H27NOS. The van der Waals surface area contributed by atoms with E-state index in [-0.39, 0.29) is 5.60 Å². The SMILES string of the molecule is NC(C1CCOC2(CCCC2)C1)C1CCCc2sccc21. The Labute approximate surface area is 132 Å². The fraction of sp³-hybridized carbons (Fsp3) is 0.778. The van der Waals surface area contributed by atoms with Gasteiger partial charge in [0.15, 0.2) is 0 Å². The van der Waals surface area contributed by atoms with E-state index in [1.807, 2.05) is 11.3 Å². The molecule has 1 aliphatic heterocycles. The summed E-state index contributed by atoms with van der Waals surface area (Å²) in [6.07, 6.45) is 11.5. The maximum absolute atomic E-state index is 6.80. The lowest BCUT2D eigenvalue weighted by Crippen LogP contribution is -2.46. The number of rotatable bonds is 2. The standard InChI is InChI=1S/C18H27NOS/c19-17(15-4-3-5-16-14(15)7-11-21-16)13-6-10-20-18(12-13)8-1-2-9-18/h7,11,13,15,17H,1-6,8-10,12,19H2. The average molecular weight is 305 g/mol. The highest BCUT2D eigenvalue weighted by atomic mass is 32.1. The van der Waals surface area contributed by atoms with Crippen molar-refractivity contribution in [2.45, 2.75) is 75.3 Å². The normalized spacial score (nSPS) is 33.0. The van der Waals surface area contributed by atoms with Crippen molar-refractivity contribution in [3.8, 4) is 0 Å². The summed E-state index contributed by atoms with van der Waals surface area (Å²) in [7, 11) is 0. The molecule has 4 rings (SSSR count). The van der Waals surface area contributed by atoms with Crippen LogP contribution in [0, 0.1) is 5.92 Å². The number of aryl methyl sites for hydroxylation is 1. The Morgan fingerprint density at radius 2 is 2.10 bits per heavy atom. The first-order chi connectivity index (χ1) is 10.3. The average Bonchev–Trinajstić information content (AvgIpc) is 3.15. The van der Waals surface area contributed by atoms with Crippen LogP contribution in [-0.2, 0) is 11.2 Å². The molecule has 1 saturated heterocycles. The first-order valence-corrected chi connectivity index (χ1v) is 9.61. The molecule has 0 radical (unpaired) electrons. The second-order valence-electron chi connectivity index (χ2n) is 7.37. The third-order valence-electron chi connectivity index (χ3n) is 6.15. The van der Waals surface area contributed by atoms with E-state index in [1.165, 1.54) is 57.8 Å². The highest BCUT2D eigenvalue weighted by molar-refractivity contribution is 7.10. The lowest BCUT2D eigenvalue weighted by atomic mass is 9.72. The van der Waals surface area contributed by atoms with E-state index < -0.39 is 0 Å². The smallest absolute Gasteiger partial charge is 0.0685 e. The molecule has 3 unspecified atom stereocenters. The summed E-state index contributed by atoms with van der Waals surface area (Å²) in [6, 6.07) is 2.67. The summed E-state index contributed by atoms with van der Waals surface area (Å²) >= 11 is 1.93. The molecule has 21 heavy (non-hydrogen) atoms. The summed E-state index contributed by atoms with van der Waals surface area (Å²) in [5, 5.41) is 2.26. The molecule has 1 spiro atoms. The highest BCUT2D eigenvalue weighted by Gasteiger charge is 2.43. The minimum absolute atomic E-state index is 0.201. The van der Waals surface area contributed by atoms with Crippen molar-refractivity contribution in [3.63, 3.8) is 0 Å². The molecular weight excluding hydrogens is 278 g/mol. The number of ether oxygens (including phenoxy) is 1. The van der Waals surface area contributed by atoms with Crippen LogP contribution < -0.4 is 5.73 Å². The fourth-order valence-electron chi connectivity index (χ4n) is 5.01. The van der Waals surface area contributed by atoms with Gasteiger partial charge >= 0.3 is 0 Å². The second-order valence-corrected chi connectivity index (χ2v) is 8.37. The monoisotopic (exact) mass is 305 g/mol. The van der Waals surface area contributed by atoms with Crippen molar-refractivity contribution < 1.29 is 4.74 Å². The number of hydrogen-bond acceptors (Lipinski definition) is 3. The lowest BCUT2D eigenvalue weighted by molar-refractivity contribution is -0.0974. The highest BCUT2D eigenvalue weighted by Crippen LogP contribution is 2.46. The van der Waals surface area contributed by atoms with E-state index in [4.69, 9.17) is 10.5 Å². The molecule has 0 bridgehead atoms. The van der Waals surface area contributed by atoms with Crippen molar-refractivity contribution in [1.82, 2.24) is 0 Å². The molecule has 3 aliphatic rings. The van der Waals surface area contributed by atoms with Crippen molar-refractivity contribution in [1.29, 1.82) is 0 Å². The van der Waals surface area contributed by atoms with Crippen LogP contribution in [0.5, 0.6) is 0 Å². The Kier molecular flexibility index (Phi) is 3.85. The van der Waals surface area contributed by atoms with Gasteiger partial charge in [-0.2, -0.15) is 0 Å². The predicted molar refractivity (Wildman–Crippen MR) is 87.8 cm³/mol. The lowest BCUT2D eigenvalue weighted by Gasteiger charge is -2.43. The van der Waals surface area contributed by atoms with Gasteiger partial charge in [-0.15, -0.1) is 11.3 Å². The van der Waals surface area contributed by atoms with Gasteiger partial charge in [0.1, 0.15) is 0 Å². The van der Waals surface area contributed by atoms with Gasteiger partial charge in [0.2, 0.25) is 0 Å². The minimum atomic E-state index is 0.201. The summed E-state index contributed by atoms with van der Waals surface area (Å²) in [4.78, 5) is 1.60. The fourth-order valence-corrected chi connectivity index (χ4v) is 6.01. The molecule has 0 amide bonds. The molecule has 2 fully saturated rings. The van der Waals surface area contributed by atoms with Crippen molar-refractivity contribution in [2.75, 3.05) is 6.61 Å². The van der Waals surface area contributed by atoms with Gasteiger partial charge in [0.05, 0.1) is 5.60 Å². The first-order valence-electron chi connectivity index (χ1n) is 8.73. The van der Waals surface area contributed by atoms with Crippen molar-refractivity contribution in [3.05, 3.63) is 21.9 Å². The summed E-state index contributed by atoms with van der Waals surface area (Å²) in [6.45, 7) is 0.932. The Balaban J connectivity index is 1.51. The van der Waals surface area contributed by atoms with Crippen LogP contribution in [0.3, 0.4) is 0 Å². The van der Waals surface area contributed by atoms with Gasteiger partial charge in [-0.1, -0.05) is 12.8 Å². The zero-order chi connectivity index (χ0) is 14.3. The van der Waals surface area contributed by atoms with Crippen LogP contribution in [0.1, 0.15) is 67.7 Å². The van der Waals surface area contributed by atoms with Gasteiger partial charge in [-0.25, -0.2) is 0 Å². The van der Waals surface area contributed by atoms with E-state index >= 15 is 0 Å². The second kappa shape index (κ2) is 5.68. The molecule has 2 nitrogen and oxygen atoms in total. The zero-order valence-electron chi connectivity index (χ0n) is 12.9. The topological polar surface area (TPSA) is 35.2 Å². The minimum Gasteiger partial charge on any atom is -0.375 e. The van der Waals surface area contributed by atoms with Crippen LogP contribution in [-0.4, -0.2) is 18.2 Å². The van der Waals surface area contributed by atoms with Crippen molar-refractivity contribution >= 4 is 11.3 Å². The largest absolute Gasteiger partial charge is 0.375 e. The molecule has 1 aromatic rings. The number of hydrogen-bond donors (Lipinski definition) is 1. The summed E-state index contributed by atoms with van der Waals surface area (Å²) < 4.78 is 6.20. The maximum atomic E-state index is 6.80. The van der Waals surface area contributed by atoms with E-state index in [9.17, 15) is 0 Å². The predicted octanol–water partition coefficient (Wildman–Crippen LogP) is 4.23. The van der Waals surface area contributed by atoms with Crippen LogP contribution >= 0.6 is 11.3 Å². The third kappa shape index (κ3) is 2.58. The zero-order valence-corrected chi connectivity index (χ0v) is 13.7. The summed E-state index contributed by atoms with van der Waals surface area (Å²) in [5.41, 5.74) is 8.57. The van der Waals surface area contributed by atoms with Gasteiger partial charge in [-0.05, 0) is 67.9 Å². The molecule has 2 heterocycles. The molecule has 2 aliphatic carbocycles. The van der Waals surface area contributed by atoms with E-state index in [0.717, 1.165) is 6.61 Å². The first kappa shape index (κ1) is 14.2. The van der Waals surface area contributed by atoms with Crippen molar-refractivity contribution in [2.24, 2.45) is 11.7 Å². The summed E-state index contributed by atoms with van der Waals surface area (Å²) in [5.74, 6) is 1.26. The molecule has 3 heteroatoms. The molecule has 116 valence electrons. The molecule has 1 aromatic heterocycles. The molecule has 1 saturated carbocycles. The number of fused-ring (bicyclic) bond motifs is 1. The van der Waals surface area contributed by atoms with E-state index in [2.05, 4.69) is 11.4 Å². The van der Waals surface area contributed by atoms with E-state index in [0.29, 0.717) is 17.9 Å². The van der Waals surface area contributed by atoms with Gasteiger partial charge in [0, 0.05) is 23.4 Å². The Morgan fingerprint density at radius 3 is 2.95 bits per heavy atom. The quantitative estimate of drug-likeness (QED) is 0.887. The molecule has 3 atom stereocenters. The molecule has 2 N–H and O–H groups in total. The van der Waals surface area contributed by atoms with Crippen LogP contribution in [0.4, 0.5) is 0 Å². The Morgan fingerprint density at radius 1 is 1.24 bits per heavy atom. The van der Waals surface area contributed by atoms with Crippen LogP contribution in [0.25, 0.3) is 0 Å². The third-order valence-corrected chi connectivity index (χ3v) is 7.15. The molecule has 0 aromatic carbocycles. The Bertz CT molecular complexity index is 491. The van der Waals surface area contributed by atoms with Gasteiger partial charge in [-0.3, -0.25) is 0 Å². The van der Waals surface area contributed by atoms with Gasteiger partial charge in [0.25, 0.3) is 0 Å². The van der Waals surface area contributed by atoms with Gasteiger partial charge < -0.3 is 10.5 Å². The van der Waals surface area contributed by atoms with E-state index in [1.54, 1.807) is 10.4 Å². The van der Waals surface area contributed by atoms with Crippen LogP contribution in [0.15, 0.2) is 11.4 Å². The number of thiophene rings is 1. The maximum Gasteiger partial charge on any atom is 0.0685 e. The van der Waals surface area contributed by atoms with Crippen LogP contribution in [0.2, 0.25) is 0 Å². The Hall–Kier alpha value is -0.380.